The van der Waals surface area contributed by atoms with E-state index in [-0.39, 0.29) is 43.2 Å². The number of carbonyl (C=O) groups is 1. The fraction of sp³-hybridized carbons (Fsp3) is 0.462. The highest BCUT2D eigenvalue weighted by molar-refractivity contribution is 7.88. The minimum Gasteiger partial charge on any atom is -0.351 e. The van der Waals surface area contributed by atoms with Gasteiger partial charge in [-0.2, -0.15) is 0 Å². The second kappa shape index (κ2) is 8.99. The van der Waals surface area contributed by atoms with Gasteiger partial charge in [0.05, 0.1) is 12.3 Å². The molecular weight excluding hydrogens is 314 g/mol. The molecule has 0 aromatic heterocycles. The van der Waals surface area contributed by atoms with Crippen molar-refractivity contribution in [2.75, 3.05) is 6.54 Å². The fourth-order valence-corrected chi connectivity index (χ4v) is 3.23. The maximum Gasteiger partial charge on any atom is 0.234 e. The molecule has 0 spiro atoms. The molecule has 8 heteroatoms. The van der Waals surface area contributed by atoms with E-state index in [1.165, 1.54) is 0 Å². The molecule has 1 amide bonds. The first-order valence-electron chi connectivity index (χ1n) is 6.37. The summed E-state index contributed by atoms with van der Waals surface area (Å²) in [6.45, 7) is 3.72. The second-order valence-electron chi connectivity index (χ2n) is 4.78. The Kier molecular flexibility index (Phi) is 8.50. The summed E-state index contributed by atoms with van der Waals surface area (Å²) in [4.78, 5) is 11.2. The number of halogens is 1. The Morgan fingerprint density at radius 2 is 1.81 bits per heavy atom. The van der Waals surface area contributed by atoms with Crippen molar-refractivity contribution in [3.8, 4) is 0 Å². The van der Waals surface area contributed by atoms with E-state index >= 15 is 0 Å². The van der Waals surface area contributed by atoms with E-state index in [1.54, 1.807) is 38.1 Å². The number of amides is 1. The van der Waals surface area contributed by atoms with Crippen molar-refractivity contribution in [3.05, 3.63) is 35.4 Å². The van der Waals surface area contributed by atoms with Gasteiger partial charge in [-0.05, 0) is 25.0 Å². The lowest BCUT2D eigenvalue weighted by Gasteiger charge is -2.13. The third-order valence-corrected chi connectivity index (χ3v) is 4.06. The van der Waals surface area contributed by atoms with Crippen molar-refractivity contribution in [1.29, 1.82) is 0 Å². The van der Waals surface area contributed by atoms with Gasteiger partial charge < -0.3 is 11.1 Å². The summed E-state index contributed by atoms with van der Waals surface area (Å²) in [7, 11) is -3.39. The van der Waals surface area contributed by atoms with Crippen LogP contribution < -0.4 is 15.8 Å². The SMILES string of the molecule is CC(C)NS(=O)(=O)Cc1ccccc1CNC(=O)CN.Cl. The zero-order chi connectivity index (χ0) is 15.2. The topological polar surface area (TPSA) is 101 Å². The molecular formula is C13H22ClN3O3S. The van der Waals surface area contributed by atoms with Crippen molar-refractivity contribution in [3.63, 3.8) is 0 Å². The largest absolute Gasteiger partial charge is 0.351 e. The predicted molar refractivity (Wildman–Crippen MR) is 85.5 cm³/mol. The third-order valence-electron chi connectivity index (χ3n) is 2.54. The first-order valence-corrected chi connectivity index (χ1v) is 8.03. The highest BCUT2D eigenvalue weighted by Gasteiger charge is 2.15. The van der Waals surface area contributed by atoms with Gasteiger partial charge in [0, 0.05) is 12.6 Å². The van der Waals surface area contributed by atoms with Gasteiger partial charge in [-0.1, -0.05) is 24.3 Å². The first-order chi connectivity index (χ1) is 9.34. The molecule has 0 aliphatic carbocycles. The van der Waals surface area contributed by atoms with Crippen LogP contribution in [0.2, 0.25) is 0 Å². The summed E-state index contributed by atoms with van der Waals surface area (Å²) in [5.74, 6) is -0.386. The molecule has 0 saturated carbocycles. The number of hydrogen-bond acceptors (Lipinski definition) is 4. The van der Waals surface area contributed by atoms with Crippen LogP contribution in [0.1, 0.15) is 25.0 Å². The van der Waals surface area contributed by atoms with E-state index in [0.717, 1.165) is 5.56 Å². The number of rotatable bonds is 7. The maximum atomic E-state index is 11.9. The van der Waals surface area contributed by atoms with E-state index in [9.17, 15) is 13.2 Å². The van der Waals surface area contributed by atoms with Crippen molar-refractivity contribution >= 4 is 28.3 Å². The lowest BCUT2D eigenvalue weighted by atomic mass is 10.1. The van der Waals surface area contributed by atoms with Gasteiger partial charge in [-0.3, -0.25) is 4.79 Å². The summed E-state index contributed by atoms with van der Waals surface area (Å²) in [6, 6.07) is 6.95. The molecule has 0 heterocycles. The molecule has 21 heavy (non-hydrogen) atoms. The van der Waals surface area contributed by atoms with Gasteiger partial charge >= 0.3 is 0 Å². The Hall–Kier alpha value is -1.15. The zero-order valence-corrected chi connectivity index (χ0v) is 13.8. The standard InChI is InChI=1S/C13H21N3O3S.ClH/c1-10(2)16-20(18,19)9-12-6-4-3-5-11(12)8-15-13(17)7-14;/h3-6,10,16H,7-9,14H2,1-2H3,(H,15,17);1H. The molecule has 1 aromatic rings. The summed E-state index contributed by atoms with van der Waals surface area (Å²) in [5.41, 5.74) is 6.64. The second-order valence-corrected chi connectivity index (χ2v) is 6.54. The van der Waals surface area contributed by atoms with Gasteiger partial charge in [0.1, 0.15) is 0 Å². The Labute approximate surface area is 132 Å². The number of hydrogen-bond donors (Lipinski definition) is 3. The van der Waals surface area contributed by atoms with Crippen molar-refractivity contribution in [2.45, 2.75) is 32.2 Å². The smallest absolute Gasteiger partial charge is 0.234 e. The van der Waals surface area contributed by atoms with E-state index in [2.05, 4.69) is 10.0 Å². The van der Waals surface area contributed by atoms with E-state index in [1.807, 2.05) is 0 Å². The summed E-state index contributed by atoms with van der Waals surface area (Å²) in [5, 5.41) is 2.64. The Morgan fingerprint density at radius 1 is 1.24 bits per heavy atom. The van der Waals surface area contributed by atoms with E-state index in [0.29, 0.717) is 5.56 Å². The normalized spacial score (nSPS) is 11.0. The first kappa shape index (κ1) is 19.9. The lowest BCUT2D eigenvalue weighted by Crippen LogP contribution is -2.32. The van der Waals surface area contributed by atoms with Gasteiger partial charge in [0.25, 0.3) is 0 Å². The van der Waals surface area contributed by atoms with Crippen molar-refractivity contribution in [1.82, 2.24) is 10.0 Å². The van der Waals surface area contributed by atoms with Crippen LogP contribution >= 0.6 is 12.4 Å². The van der Waals surface area contributed by atoms with Crippen LogP contribution in [-0.4, -0.2) is 26.9 Å². The highest BCUT2D eigenvalue weighted by atomic mass is 35.5. The Bertz CT molecular complexity index is 562. The van der Waals surface area contributed by atoms with Crippen LogP contribution in [0.5, 0.6) is 0 Å². The number of nitrogens with two attached hydrogens (primary N) is 1. The van der Waals surface area contributed by atoms with Crippen LogP contribution in [-0.2, 0) is 27.1 Å². The molecule has 0 radical (unpaired) electrons. The minimum absolute atomic E-state index is 0. The van der Waals surface area contributed by atoms with E-state index in [4.69, 9.17) is 5.73 Å². The minimum atomic E-state index is -3.39. The Morgan fingerprint density at radius 3 is 2.33 bits per heavy atom. The van der Waals surface area contributed by atoms with Crippen LogP contribution in [0, 0.1) is 0 Å². The van der Waals surface area contributed by atoms with Crippen LogP contribution in [0.4, 0.5) is 0 Å². The molecule has 0 saturated heterocycles. The molecule has 0 atom stereocenters. The molecule has 0 bridgehead atoms. The third kappa shape index (κ3) is 7.42. The van der Waals surface area contributed by atoms with Gasteiger partial charge in [0.2, 0.25) is 15.9 Å². The Balaban J connectivity index is 0.00000400. The van der Waals surface area contributed by atoms with Crippen LogP contribution in [0.3, 0.4) is 0 Å². The molecule has 120 valence electrons. The molecule has 0 unspecified atom stereocenters. The number of nitrogens with one attached hydrogen (secondary N) is 2. The molecule has 0 aliphatic heterocycles. The van der Waals surface area contributed by atoms with Crippen LogP contribution in [0.15, 0.2) is 24.3 Å². The van der Waals surface area contributed by atoms with Crippen molar-refractivity contribution in [2.24, 2.45) is 5.73 Å². The molecule has 1 rings (SSSR count). The summed E-state index contributed by atoms with van der Waals surface area (Å²) < 4.78 is 26.4. The molecule has 0 fully saturated rings. The lowest BCUT2D eigenvalue weighted by molar-refractivity contribution is -0.119. The summed E-state index contributed by atoms with van der Waals surface area (Å²) >= 11 is 0. The van der Waals surface area contributed by atoms with Crippen LogP contribution in [0.25, 0.3) is 0 Å². The highest BCUT2D eigenvalue weighted by Crippen LogP contribution is 2.12. The number of carbonyl (C=O) groups excluding carboxylic acids is 1. The van der Waals surface area contributed by atoms with E-state index < -0.39 is 10.0 Å². The quantitative estimate of drug-likeness (QED) is 0.675. The average Bonchev–Trinajstić information content (AvgIpc) is 2.35. The molecule has 1 aromatic carbocycles. The average molecular weight is 336 g/mol. The fourth-order valence-electron chi connectivity index (χ4n) is 1.74. The maximum absolute atomic E-state index is 11.9. The number of sulfonamides is 1. The predicted octanol–water partition coefficient (Wildman–Crippen LogP) is 0.511. The number of benzene rings is 1. The van der Waals surface area contributed by atoms with Gasteiger partial charge in [0.15, 0.2) is 0 Å². The van der Waals surface area contributed by atoms with Gasteiger partial charge in [-0.25, -0.2) is 13.1 Å². The zero-order valence-electron chi connectivity index (χ0n) is 12.1. The monoisotopic (exact) mass is 335 g/mol. The summed E-state index contributed by atoms with van der Waals surface area (Å²) in [6.07, 6.45) is 0. The molecule has 4 N–H and O–H groups in total. The molecule has 0 aliphatic rings. The van der Waals surface area contributed by atoms with Gasteiger partial charge in [-0.15, -0.1) is 12.4 Å². The molecule has 6 nitrogen and oxygen atoms in total. The van der Waals surface area contributed by atoms with Crippen molar-refractivity contribution < 1.29 is 13.2 Å².